The number of benzene rings is 1. The summed E-state index contributed by atoms with van der Waals surface area (Å²) in [4.78, 5) is 13.7. The molecule has 0 aliphatic heterocycles. The lowest BCUT2D eigenvalue weighted by Gasteiger charge is -2.21. The Kier molecular flexibility index (Phi) is 6.32. The summed E-state index contributed by atoms with van der Waals surface area (Å²) in [6, 6.07) is 7.45. The Morgan fingerprint density at radius 1 is 1.42 bits per heavy atom. The van der Waals surface area contributed by atoms with Crippen molar-refractivity contribution in [2.75, 3.05) is 32.1 Å². The van der Waals surface area contributed by atoms with Gasteiger partial charge in [0.1, 0.15) is 0 Å². The summed E-state index contributed by atoms with van der Waals surface area (Å²) in [5.74, 6) is 0. The minimum absolute atomic E-state index is 0.00130. The molecule has 1 atom stereocenters. The second kappa shape index (κ2) is 7.76. The van der Waals surface area contributed by atoms with Crippen molar-refractivity contribution in [2.24, 2.45) is 5.73 Å². The molecule has 0 aliphatic rings. The molecule has 0 bridgehead atoms. The van der Waals surface area contributed by atoms with Crippen molar-refractivity contribution in [1.82, 2.24) is 4.90 Å². The van der Waals surface area contributed by atoms with Crippen molar-refractivity contribution >= 4 is 11.7 Å². The zero-order valence-electron chi connectivity index (χ0n) is 11.8. The smallest absolute Gasteiger partial charge is 0.321 e. The fraction of sp³-hybridized carbons (Fsp3) is 0.500. The third-order valence-electron chi connectivity index (χ3n) is 2.92. The molecule has 0 saturated carbocycles. The molecule has 19 heavy (non-hydrogen) atoms. The summed E-state index contributed by atoms with van der Waals surface area (Å²) in [7, 11) is 1.62. The number of nitrogens with two attached hydrogens (primary N) is 1. The summed E-state index contributed by atoms with van der Waals surface area (Å²) in [5.41, 5.74) is 7.59. The largest absolute Gasteiger partial charge is 0.383 e. The highest BCUT2D eigenvalue weighted by atomic mass is 16.5. The van der Waals surface area contributed by atoms with Crippen LogP contribution in [-0.4, -0.2) is 37.7 Å². The Balaban J connectivity index is 2.59. The number of hydrogen-bond donors (Lipinski definition) is 2. The van der Waals surface area contributed by atoms with Gasteiger partial charge < -0.3 is 20.7 Å². The molecule has 0 fully saturated rings. The van der Waals surface area contributed by atoms with Crippen molar-refractivity contribution in [2.45, 2.75) is 19.9 Å². The molecule has 1 unspecified atom stereocenters. The maximum Gasteiger partial charge on any atom is 0.321 e. The highest BCUT2D eigenvalue weighted by Crippen LogP contribution is 2.14. The van der Waals surface area contributed by atoms with E-state index in [2.05, 4.69) is 5.32 Å². The number of amides is 2. The summed E-state index contributed by atoms with van der Waals surface area (Å²) in [6.07, 6.45) is 0. The van der Waals surface area contributed by atoms with Crippen LogP contribution < -0.4 is 11.1 Å². The Labute approximate surface area is 114 Å². The van der Waals surface area contributed by atoms with E-state index in [4.69, 9.17) is 10.5 Å². The number of rotatable bonds is 6. The quantitative estimate of drug-likeness (QED) is 0.828. The van der Waals surface area contributed by atoms with Gasteiger partial charge in [0.2, 0.25) is 0 Å². The fourth-order valence-corrected chi connectivity index (χ4v) is 1.68. The van der Waals surface area contributed by atoms with Crippen LogP contribution in [0, 0.1) is 0 Å². The van der Waals surface area contributed by atoms with Gasteiger partial charge in [-0.05, 0) is 31.5 Å². The molecular formula is C14H23N3O2. The summed E-state index contributed by atoms with van der Waals surface area (Å²) < 4.78 is 4.98. The lowest BCUT2D eigenvalue weighted by molar-refractivity contribution is 0.157. The first-order chi connectivity index (χ1) is 9.08. The third-order valence-corrected chi connectivity index (χ3v) is 2.92. The Morgan fingerprint density at radius 3 is 2.53 bits per heavy atom. The average Bonchev–Trinajstić information content (AvgIpc) is 2.40. The van der Waals surface area contributed by atoms with E-state index in [0.717, 1.165) is 11.3 Å². The number of anilines is 1. The van der Waals surface area contributed by atoms with Crippen LogP contribution in [0.4, 0.5) is 10.5 Å². The molecule has 1 aromatic rings. The van der Waals surface area contributed by atoms with Gasteiger partial charge in [-0.25, -0.2) is 4.79 Å². The molecule has 0 heterocycles. The van der Waals surface area contributed by atoms with E-state index < -0.39 is 0 Å². The first-order valence-corrected chi connectivity index (χ1v) is 6.48. The van der Waals surface area contributed by atoms with E-state index in [0.29, 0.717) is 19.7 Å². The second-order valence-corrected chi connectivity index (χ2v) is 4.41. The number of methoxy groups -OCH3 is 1. The van der Waals surface area contributed by atoms with Crippen LogP contribution in [-0.2, 0) is 4.74 Å². The van der Waals surface area contributed by atoms with Crippen LogP contribution in [0.5, 0.6) is 0 Å². The van der Waals surface area contributed by atoms with Crippen LogP contribution in [0.1, 0.15) is 25.5 Å². The zero-order chi connectivity index (χ0) is 14.3. The van der Waals surface area contributed by atoms with Gasteiger partial charge in [-0.3, -0.25) is 0 Å². The average molecular weight is 265 g/mol. The summed E-state index contributed by atoms with van der Waals surface area (Å²) in [5, 5.41) is 2.86. The number of carbonyl (C=O) groups is 1. The van der Waals surface area contributed by atoms with E-state index in [1.165, 1.54) is 0 Å². The highest BCUT2D eigenvalue weighted by molar-refractivity contribution is 5.89. The topological polar surface area (TPSA) is 67.6 Å². The van der Waals surface area contributed by atoms with Crippen LogP contribution in [0.25, 0.3) is 0 Å². The van der Waals surface area contributed by atoms with Crippen molar-refractivity contribution in [3.05, 3.63) is 29.8 Å². The van der Waals surface area contributed by atoms with Gasteiger partial charge >= 0.3 is 6.03 Å². The van der Waals surface area contributed by atoms with Gasteiger partial charge in [-0.2, -0.15) is 0 Å². The molecule has 0 spiro atoms. The molecule has 0 aliphatic carbocycles. The highest BCUT2D eigenvalue weighted by Gasteiger charge is 2.11. The molecule has 2 amide bonds. The number of ether oxygens (including phenoxy) is 1. The van der Waals surface area contributed by atoms with Gasteiger partial charge in [-0.1, -0.05) is 12.1 Å². The zero-order valence-corrected chi connectivity index (χ0v) is 11.8. The summed E-state index contributed by atoms with van der Waals surface area (Å²) >= 11 is 0. The number of urea groups is 1. The predicted octanol–water partition coefficient (Wildman–Crippen LogP) is 2.21. The van der Waals surface area contributed by atoms with Gasteiger partial charge in [0, 0.05) is 31.9 Å². The van der Waals surface area contributed by atoms with Crippen LogP contribution in [0.2, 0.25) is 0 Å². The number of likely N-dealkylation sites (N-methyl/N-ethyl adjacent to an activating group) is 1. The molecule has 0 saturated heterocycles. The molecule has 0 radical (unpaired) electrons. The van der Waals surface area contributed by atoms with E-state index in [-0.39, 0.29) is 12.1 Å². The standard InChI is InChI=1S/C14H23N3O2/c1-4-17(9-10-19-3)14(18)16-13-7-5-12(6-8-13)11(2)15/h5-8,11H,4,9-10,15H2,1-3H3,(H,16,18). The summed E-state index contributed by atoms with van der Waals surface area (Å²) in [6.45, 7) is 5.63. The van der Waals surface area contributed by atoms with Crippen molar-refractivity contribution < 1.29 is 9.53 Å². The molecule has 0 aromatic heterocycles. The van der Waals surface area contributed by atoms with E-state index in [9.17, 15) is 4.79 Å². The van der Waals surface area contributed by atoms with Gasteiger partial charge in [0.25, 0.3) is 0 Å². The minimum atomic E-state index is -0.118. The van der Waals surface area contributed by atoms with Gasteiger partial charge in [-0.15, -0.1) is 0 Å². The van der Waals surface area contributed by atoms with Gasteiger partial charge in [0.05, 0.1) is 6.61 Å². The molecule has 3 N–H and O–H groups in total. The predicted molar refractivity (Wildman–Crippen MR) is 77.2 cm³/mol. The number of nitrogens with one attached hydrogen (secondary N) is 1. The Hall–Kier alpha value is -1.59. The second-order valence-electron chi connectivity index (χ2n) is 4.41. The maximum atomic E-state index is 12.0. The first kappa shape index (κ1) is 15.5. The van der Waals surface area contributed by atoms with E-state index in [1.807, 2.05) is 38.1 Å². The van der Waals surface area contributed by atoms with Crippen molar-refractivity contribution in [1.29, 1.82) is 0 Å². The SMILES string of the molecule is CCN(CCOC)C(=O)Nc1ccc(C(C)N)cc1. The molecule has 1 rings (SSSR count). The fourth-order valence-electron chi connectivity index (χ4n) is 1.68. The molecule has 5 heteroatoms. The minimum Gasteiger partial charge on any atom is -0.383 e. The number of carbonyl (C=O) groups excluding carboxylic acids is 1. The maximum absolute atomic E-state index is 12.0. The molecule has 5 nitrogen and oxygen atoms in total. The van der Waals surface area contributed by atoms with E-state index >= 15 is 0 Å². The lowest BCUT2D eigenvalue weighted by atomic mass is 10.1. The van der Waals surface area contributed by atoms with Crippen molar-refractivity contribution in [3.8, 4) is 0 Å². The number of hydrogen-bond acceptors (Lipinski definition) is 3. The molecular weight excluding hydrogens is 242 g/mol. The normalized spacial score (nSPS) is 12.0. The Morgan fingerprint density at radius 2 is 2.05 bits per heavy atom. The van der Waals surface area contributed by atoms with E-state index in [1.54, 1.807) is 12.0 Å². The van der Waals surface area contributed by atoms with Crippen LogP contribution in [0.15, 0.2) is 24.3 Å². The third kappa shape index (κ3) is 4.89. The first-order valence-electron chi connectivity index (χ1n) is 6.48. The lowest BCUT2D eigenvalue weighted by Crippen LogP contribution is -2.37. The number of nitrogens with zero attached hydrogens (tertiary/aromatic N) is 1. The monoisotopic (exact) mass is 265 g/mol. The van der Waals surface area contributed by atoms with Gasteiger partial charge in [0.15, 0.2) is 0 Å². The van der Waals surface area contributed by atoms with Crippen molar-refractivity contribution in [3.63, 3.8) is 0 Å². The molecule has 106 valence electrons. The van der Waals surface area contributed by atoms with Crippen LogP contribution in [0.3, 0.4) is 0 Å². The Bertz CT molecular complexity index is 390. The van der Waals surface area contributed by atoms with Crippen LogP contribution >= 0.6 is 0 Å². The molecule has 1 aromatic carbocycles.